The fourth-order valence-corrected chi connectivity index (χ4v) is 3.62. The van der Waals surface area contributed by atoms with Crippen LogP contribution in [-0.2, 0) is 4.74 Å². The molecular formula is C19H39N5O. The summed E-state index contributed by atoms with van der Waals surface area (Å²) in [5, 5.41) is 6.90. The topological polar surface area (TPSA) is 52.1 Å². The molecule has 2 aliphatic heterocycles. The van der Waals surface area contributed by atoms with E-state index in [0.717, 1.165) is 58.4 Å². The number of unbranched alkanes of at least 4 members (excludes halogenated alkanes) is 1. The van der Waals surface area contributed by atoms with E-state index >= 15 is 0 Å². The van der Waals surface area contributed by atoms with Crippen LogP contribution < -0.4 is 10.6 Å². The Hall–Kier alpha value is -0.850. The largest absolute Gasteiger partial charge is 0.379 e. The van der Waals surface area contributed by atoms with Gasteiger partial charge in [0, 0.05) is 38.8 Å². The van der Waals surface area contributed by atoms with E-state index in [2.05, 4.69) is 34.3 Å². The summed E-state index contributed by atoms with van der Waals surface area (Å²) in [5.41, 5.74) is 0. The van der Waals surface area contributed by atoms with Gasteiger partial charge in [0.1, 0.15) is 0 Å². The third kappa shape index (κ3) is 7.92. The Morgan fingerprint density at radius 2 is 1.92 bits per heavy atom. The second-order valence-corrected chi connectivity index (χ2v) is 7.14. The zero-order valence-electron chi connectivity index (χ0n) is 16.4. The van der Waals surface area contributed by atoms with Gasteiger partial charge in [-0.2, -0.15) is 0 Å². The average Bonchev–Trinajstić information content (AvgIpc) is 2.66. The molecule has 6 heteroatoms. The Labute approximate surface area is 154 Å². The molecule has 0 aromatic carbocycles. The molecule has 1 atom stereocenters. The molecule has 146 valence electrons. The van der Waals surface area contributed by atoms with E-state index in [4.69, 9.17) is 9.73 Å². The highest BCUT2D eigenvalue weighted by molar-refractivity contribution is 5.79. The molecule has 0 saturated carbocycles. The van der Waals surface area contributed by atoms with Crippen LogP contribution >= 0.6 is 0 Å². The maximum absolute atomic E-state index is 5.41. The van der Waals surface area contributed by atoms with Crippen molar-refractivity contribution in [3.8, 4) is 0 Å². The Morgan fingerprint density at radius 3 is 2.68 bits per heavy atom. The summed E-state index contributed by atoms with van der Waals surface area (Å²) >= 11 is 0. The van der Waals surface area contributed by atoms with Crippen molar-refractivity contribution in [2.24, 2.45) is 4.99 Å². The lowest BCUT2D eigenvalue weighted by atomic mass is 10.0. The van der Waals surface area contributed by atoms with Gasteiger partial charge in [0.15, 0.2) is 5.96 Å². The highest BCUT2D eigenvalue weighted by atomic mass is 16.5. The first-order chi connectivity index (χ1) is 12.3. The van der Waals surface area contributed by atoms with Gasteiger partial charge >= 0.3 is 0 Å². The SMILES string of the molecule is CCCCN1CCCCC1CN=C(NCC)NCCN1CCOCC1. The van der Waals surface area contributed by atoms with Gasteiger partial charge in [-0.15, -0.1) is 0 Å². The first kappa shape index (κ1) is 20.5. The van der Waals surface area contributed by atoms with Crippen molar-refractivity contribution < 1.29 is 4.74 Å². The number of piperidine rings is 1. The number of morpholine rings is 1. The summed E-state index contributed by atoms with van der Waals surface area (Å²) in [5.74, 6) is 0.969. The number of nitrogens with zero attached hydrogens (tertiary/aromatic N) is 3. The van der Waals surface area contributed by atoms with Crippen molar-refractivity contribution in [1.82, 2.24) is 20.4 Å². The number of nitrogens with one attached hydrogen (secondary N) is 2. The van der Waals surface area contributed by atoms with Gasteiger partial charge in [0.2, 0.25) is 0 Å². The molecule has 0 aliphatic carbocycles. The van der Waals surface area contributed by atoms with Crippen LogP contribution in [0.4, 0.5) is 0 Å². The molecule has 6 nitrogen and oxygen atoms in total. The number of likely N-dealkylation sites (tertiary alicyclic amines) is 1. The van der Waals surface area contributed by atoms with E-state index < -0.39 is 0 Å². The van der Waals surface area contributed by atoms with Crippen molar-refractivity contribution in [3.05, 3.63) is 0 Å². The summed E-state index contributed by atoms with van der Waals surface area (Å²) in [6.45, 7) is 14.5. The molecule has 2 fully saturated rings. The van der Waals surface area contributed by atoms with Crippen LogP contribution in [0.5, 0.6) is 0 Å². The number of rotatable bonds is 9. The van der Waals surface area contributed by atoms with Gasteiger partial charge < -0.3 is 15.4 Å². The molecule has 0 spiro atoms. The molecule has 2 saturated heterocycles. The zero-order chi connectivity index (χ0) is 17.7. The molecular weight excluding hydrogens is 314 g/mol. The molecule has 2 heterocycles. The Kier molecular flexibility index (Phi) is 10.2. The van der Waals surface area contributed by atoms with Gasteiger partial charge in [-0.25, -0.2) is 0 Å². The highest BCUT2D eigenvalue weighted by Crippen LogP contribution is 2.17. The summed E-state index contributed by atoms with van der Waals surface area (Å²) in [6.07, 6.45) is 6.57. The lowest BCUT2D eigenvalue weighted by Crippen LogP contribution is -2.46. The summed E-state index contributed by atoms with van der Waals surface area (Å²) in [6, 6.07) is 0.620. The van der Waals surface area contributed by atoms with E-state index in [1.807, 2.05) is 0 Å². The quantitative estimate of drug-likeness (QED) is 0.486. The zero-order valence-corrected chi connectivity index (χ0v) is 16.4. The van der Waals surface area contributed by atoms with Crippen LogP contribution in [0.2, 0.25) is 0 Å². The Balaban J connectivity index is 1.76. The lowest BCUT2D eigenvalue weighted by Gasteiger charge is -2.35. The van der Waals surface area contributed by atoms with Crippen LogP contribution in [0, 0.1) is 0 Å². The first-order valence-electron chi connectivity index (χ1n) is 10.4. The molecule has 1 unspecified atom stereocenters. The minimum absolute atomic E-state index is 0.620. The summed E-state index contributed by atoms with van der Waals surface area (Å²) < 4.78 is 5.41. The Bertz CT molecular complexity index is 371. The van der Waals surface area contributed by atoms with E-state index in [-0.39, 0.29) is 0 Å². The number of aliphatic imine (C=N–C) groups is 1. The molecule has 2 N–H and O–H groups in total. The van der Waals surface area contributed by atoms with E-state index in [1.165, 1.54) is 45.2 Å². The van der Waals surface area contributed by atoms with Gasteiger partial charge in [-0.1, -0.05) is 19.8 Å². The molecule has 0 aromatic heterocycles. The van der Waals surface area contributed by atoms with Crippen LogP contribution in [0.25, 0.3) is 0 Å². The number of guanidine groups is 1. The second-order valence-electron chi connectivity index (χ2n) is 7.14. The summed E-state index contributed by atoms with van der Waals surface area (Å²) in [4.78, 5) is 10.0. The smallest absolute Gasteiger partial charge is 0.191 e. The number of ether oxygens (including phenoxy) is 1. The van der Waals surface area contributed by atoms with Crippen molar-refractivity contribution in [3.63, 3.8) is 0 Å². The lowest BCUT2D eigenvalue weighted by molar-refractivity contribution is 0.0389. The van der Waals surface area contributed by atoms with E-state index in [1.54, 1.807) is 0 Å². The maximum Gasteiger partial charge on any atom is 0.191 e. The van der Waals surface area contributed by atoms with Crippen LogP contribution in [0.1, 0.15) is 46.0 Å². The van der Waals surface area contributed by atoms with Crippen LogP contribution in [-0.4, -0.2) is 87.4 Å². The van der Waals surface area contributed by atoms with Crippen molar-refractivity contribution in [2.45, 2.75) is 52.0 Å². The number of hydrogen-bond donors (Lipinski definition) is 2. The van der Waals surface area contributed by atoms with Gasteiger partial charge in [0.25, 0.3) is 0 Å². The minimum atomic E-state index is 0.620. The Morgan fingerprint density at radius 1 is 1.08 bits per heavy atom. The normalized spacial score (nSPS) is 23.6. The standard InChI is InChI=1S/C19H39N5O/c1-3-5-10-24-11-7-6-8-18(24)17-22-19(20-4-2)21-9-12-23-13-15-25-16-14-23/h18H,3-17H2,1-2H3,(H2,20,21,22). The third-order valence-corrected chi connectivity index (χ3v) is 5.18. The molecule has 0 bridgehead atoms. The molecule has 2 rings (SSSR count). The monoisotopic (exact) mass is 353 g/mol. The third-order valence-electron chi connectivity index (χ3n) is 5.18. The fraction of sp³-hybridized carbons (Fsp3) is 0.947. The van der Waals surface area contributed by atoms with E-state index in [9.17, 15) is 0 Å². The highest BCUT2D eigenvalue weighted by Gasteiger charge is 2.21. The average molecular weight is 354 g/mol. The predicted molar refractivity (Wildman–Crippen MR) is 105 cm³/mol. The van der Waals surface area contributed by atoms with Crippen molar-refractivity contribution in [2.75, 3.05) is 65.6 Å². The van der Waals surface area contributed by atoms with Gasteiger partial charge in [0.05, 0.1) is 19.8 Å². The maximum atomic E-state index is 5.41. The molecule has 0 aromatic rings. The van der Waals surface area contributed by atoms with Crippen molar-refractivity contribution in [1.29, 1.82) is 0 Å². The van der Waals surface area contributed by atoms with E-state index in [0.29, 0.717) is 6.04 Å². The molecule has 0 amide bonds. The van der Waals surface area contributed by atoms with Gasteiger partial charge in [-0.3, -0.25) is 14.8 Å². The fourth-order valence-electron chi connectivity index (χ4n) is 3.62. The predicted octanol–water partition coefficient (Wildman–Crippen LogP) is 1.53. The number of hydrogen-bond acceptors (Lipinski definition) is 4. The summed E-state index contributed by atoms with van der Waals surface area (Å²) in [7, 11) is 0. The van der Waals surface area contributed by atoms with Crippen molar-refractivity contribution >= 4 is 5.96 Å². The molecule has 0 radical (unpaired) electrons. The second kappa shape index (κ2) is 12.5. The van der Waals surface area contributed by atoms with Crippen LogP contribution in [0.15, 0.2) is 4.99 Å². The van der Waals surface area contributed by atoms with Gasteiger partial charge in [-0.05, 0) is 39.3 Å². The van der Waals surface area contributed by atoms with Crippen LogP contribution in [0.3, 0.4) is 0 Å². The molecule has 2 aliphatic rings. The first-order valence-corrected chi connectivity index (χ1v) is 10.4. The molecule has 25 heavy (non-hydrogen) atoms. The minimum Gasteiger partial charge on any atom is -0.379 e.